The molecule has 0 aromatic carbocycles. The number of halogens is 7. The van der Waals surface area contributed by atoms with Crippen LogP contribution in [-0.2, 0) is 0 Å². The van der Waals surface area contributed by atoms with Crippen molar-refractivity contribution in [2.75, 3.05) is 0 Å². The standard InChI is InChI=1S/C3H6Cl3Si2.4ClH/c1-2-3(7)8(4,5)6;;;;/h3H,2H2,1H3;4*1H. The minimum Gasteiger partial charge on any atom is -0.147 e. The molecule has 79 valence electrons. The average Bonchev–Trinajstić information content (AvgIpc) is 1.62. The Morgan fingerprint density at radius 1 is 1.08 bits per heavy atom. The van der Waals surface area contributed by atoms with Gasteiger partial charge < -0.3 is 0 Å². The zero-order valence-corrected chi connectivity index (χ0v) is 13.6. The molecule has 0 spiro atoms. The van der Waals surface area contributed by atoms with Crippen molar-refractivity contribution in [1.29, 1.82) is 0 Å². The third kappa shape index (κ3) is 15.0. The molecule has 0 aliphatic heterocycles. The summed E-state index contributed by atoms with van der Waals surface area (Å²) in [5.41, 5.74) is 0. The molecule has 0 saturated heterocycles. The first-order valence-electron chi connectivity index (χ1n) is 2.26. The molecule has 0 nitrogen and oxygen atoms in total. The fourth-order valence-corrected chi connectivity index (χ4v) is 2.08. The molecule has 3 radical (unpaired) electrons. The predicted molar refractivity (Wildman–Crippen MR) is 72.1 cm³/mol. The highest BCUT2D eigenvalue weighted by molar-refractivity contribution is 7.66. The van der Waals surface area contributed by atoms with Gasteiger partial charge in [-0.3, -0.25) is 0 Å². The molecule has 0 aliphatic carbocycles. The zero-order chi connectivity index (χ0) is 6.78. The quantitative estimate of drug-likeness (QED) is 0.516. The summed E-state index contributed by atoms with van der Waals surface area (Å²) in [5.74, 6) is 0. The second kappa shape index (κ2) is 13.5. The predicted octanol–water partition coefficient (Wildman–Crippen LogP) is 4.24. The van der Waals surface area contributed by atoms with Crippen molar-refractivity contribution in [2.24, 2.45) is 0 Å². The van der Waals surface area contributed by atoms with Crippen molar-refractivity contribution >= 4 is 99.1 Å². The van der Waals surface area contributed by atoms with Gasteiger partial charge in [0, 0.05) is 10.2 Å². The first-order chi connectivity index (χ1) is 3.48. The minimum absolute atomic E-state index is 0. The highest BCUT2D eigenvalue weighted by atomic mass is 35.8. The van der Waals surface area contributed by atoms with Crippen molar-refractivity contribution in [3.63, 3.8) is 0 Å². The highest BCUT2D eigenvalue weighted by Crippen LogP contribution is 2.33. The van der Waals surface area contributed by atoms with Crippen LogP contribution < -0.4 is 0 Å². The largest absolute Gasteiger partial charge is 0.341 e. The second-order valence-electron chi connectivity index (χ2n) is 1.50. The van der Waals surface area contributed by atoms with E-state index in [4.69, 9.17) is 33.2 Å². The van der Waals surface area contributed by atoms with Crippen molar-refractivity contribution in [2.45, 2.75) is 18.5 Å². The van der Waals surface area contributed by atoms with Gasteiger partial charge in [-0.1, -0.05) is 13.3 Å². The van der Waals surface area contributed by atoms with Crippen LogP contribution in [0.25, 0.3) is 0 Å². The van der Waals surface area contributed by atoms with Crippen LogP contribution in [0.5, 0.6) is 0 Å². The fourth-order valence-electron chi connectivity index (χ4n) is 0.231. The maximum absolute atomic E-state index is 5.60. The van der Waals surface area contributed by atoms with Crippen LogP contribution >= 0.6 is 82.9 Å². The van der Waals surface area contributed by atoms with Gasteiger partial charge in [0.25, 0.3) is 0 Å². The van der Waals surface area contributed by atoms with Gasteiger partial charge >= 0.3 is 6.00 Å². The summed E-state index contributed by atoms with van der Waals surface area (Å²) in [5, 5.41) is 0.0903. The van der Waals surface area contributed by atoms with E-state index in [9.17, 15) is 0 Å². The molecule has 0 heterocycles. The van der Waals surface area contributed by atoms with Crippen LogP contribution in [0.1, 0.15) is 13.3 Å². The number of hydrogen-bond acceptors (Lipinski definition) is 0. The lowest BCUT2D eigenvalue weighted by Gasteiger charge is -2.13. The van der Waals surface area contributed by atoms with Crippen molar-refractivity contribution in [3.05, 3.63) is 0 Å². The molecule has 0 aromatic rings. The maximum atomic E-state index is 5.60. The first-order valence-corrected chi connectivity index (χ1v) is 7.95. The van der Waals surface area contributed by atoms with Gasteiger partial charge in [0.1, 0.15) is 0 Å². The zero-order valence-electron chi connectivity index (χ0n) is 6.05. The summed E-state index contributed by atoms with van der Waals surface area (Å²) in [6.45, 7) is 1.98. The van der Waals surface area contributed by atoms with Crippen LogP contribution in [0, 0.1) is 0 Å². The van der Waals surface area contributed by atoms with E-state index in [1.165, 1.54) is 0 Å². The topological polar surface area (TPSA) is 0 Å². The van der Waals surface area contributed by atoms with Crippen LogP contribution in [0.4, 0.5) is 0 Å². The van der Waals surface area contributed by atoms with Gasteiger partial charge in [0.15, 0.2) is 0 Å². The van der Waals surface area contributed by atoms with E-state index in [-0.39, 0.29) is 54.8 Å². The Balaban J connectivity index is -0.0000000408. The molecule has 0 bridgehead atoms. The van der Waals surface area contributed by atoms with Crippen molar-refractivity contribution in [1.82, 2.24) is 0 Å². The summed E-state index contributed by atoms with van der Waals surface area (Å²) < 4.78 is 0. The Hall–Kier alpha value is 2.46. The Morgan fingerprint density at radius 3 is 1.33 bits per heavy atom. The van der Waals surface area contributed by atoms with Gasteiger partial charge in [-0.15, -0.1) is 82.9 Å². The van der Waals surface area contributed by atoms with Gasteiger partial charge in [-0.05, 0) is 5.16 Å². The smallest absolute Gasteiger partial charge is 0.147 e. The molecule has 0 aromatic heterocycles. The lowest BCUT2D eigenvalue weighted by atomic mass is 10.6. The van der Waals surface area contributed by atoms with Gasteiger partial charge in [-0.2, -0.15) is 0 Å². The van der Waals surface area contributed by atoms with E-state index in [0.717, 1.165) is 6.42 Å². The lowest BCUT2D eigenvalue weighted by Crippen LogP contribution is -2.18. The molecule has 12 heavy (non-hydrogen) atoms. The molecule has 0 saturated carbocycles. The van der Waals surface area contributed by atoms with Crippen LogP contribution in [0.15, 0.2) is 0 Å². The summed E-state index contributed by atoms with van der Waals surface area (Å²) in [7, 11) is 3.31. The molecule has 9 heteroatoms. The summed E-state index contributed by atoms with van der Waals surface area (Å²) in [6, 6.07) is -2.43. The Kier molecular flexibility index (Phi) is 32.8. The average molecular weight is 350 g/mol. The Morgan fingerprint density at radius 2 is 1.33 bits per heavy atom. The monoisotopic (exact) mass is 347 g/mol. The third-order valence-corrected chi connectivity index (χ3v) is 7.73. The molecule has 0 N–H and O–H groups in total. The van der Waals surface area contributed by atoms with Crippen LogP contribution in [0.2, 0.25) is 5.16 Å². The normalized spacial score (nSPS) is 10.8. The summed E-state index contributed by atoms with van der Waals surface area (Å²) >= 11 is 16.8. The number of hydrogen-bond donors (Lipinski definition) is 0. The SMILES string of the molecule is CCC([Si])[Si](Cl)(Cl)Cl.Cl.Cl.Cl.Cl. The van der Waals surface area contributed by atoms with E-state index >= 15 is 0 Å². The van der Waals surface area contributed by atoms with Crippen LogP contribution in [0.3, 0.4) is 0 Å². The van der Waals surface area contributed by atoms with Crippen molar-refractivity contribution < 1.29 is 0 Å². The van der Waals surface area contributed by atoms with Crippen molar-refractivity contribution in [3.8, 4) is 0 Å². The molecular formula is C3H10Cl7Si2. The molecule has 0 rings (SSSR count). The molecule has 0 fully saturated rings. The minimum atomic E-state index is -2.43. The molecular weight excluding hydrogens is 340 g/mol. The summed E-state index contributed by atoms with van der Waals surface area (Å²) in [6.07, 6.45) is 0.875. The van der Waals surface area contributed by atoms with E-state index in [0.29, 0.717) is 0 Å². The fraction of sp³-hybridized carbons (Fsp3) is 1.00. The van der Waals surface area contributed by atoms with Gasteiger partial charge in [0.05, 0.1) is 0 Å². The third-order valence-electron chi connectivity index (χ3n) is 0.803. The first kappa shape index (κ1) is 29.3. The molecule has 0 aliphatic rings. The van der Waals surface area contributed by atoms with E-state index in [1.807, 2.05) is 6.92 Å². The maximum Gasteiger partial charge on any atom is 0.341 e. The Labute approximate surface area is 117 Å². The van der Waals surface area contributed by atoms with Gasteiger partial charge in [0.2, 0.25) is 0 Å². The highest BCUT2D eigenvalue weighted by Gasteiger charge is 2.31. The molecule has 1 unspecified atom stereocenters. The van der Waals surface area contributed by atoms with E-state index in [1.54, 1.807) is 0 Å². The van der Waals surface area contributed by atoms with Gasteiger partial charge in [-0.25, -0.2) is 0 Å². The van der Waals surface area contributed by atoms with E-state index in [2.05, 4.69) is 10.2 Å². The van der Waals surface area contributed by atoms with E-state index < -0.39 is 6.00 Å². The second-order valence-corrected chi connectivity index (χ2v) is 11.7. The van der Waals surface area contributed by atoms with Crippen LogP contribution in [-0.4, -0.2) is 16.2 Å². The Bertz CT molecular complexity index is 73.5. The summed E-state index contributed by atoms with van der Waals surface area (Å²) in [4.78, 5) is 0. The lowest BCUT2D eigenvalue weighted by molar-refractivity contribution is 1.02. The molecule has 1 atom stereocenters. The molecule has 0 amide bonds. The number of rotatable bonds is 2.